The molecule has 0 aliphatic carbocycles. The number of fused-ring (bicyclic) bond motifs is 1. The number of aromatic nitrogens is 4. The molecule has 0 spiro atoms. The van der Waals surface area contributed by atoms with Gasteiger partial charge in [-0.2, -0.15) is 11.8 Å². The lowest BCUT2D eigenvalue weighted by Gasteiger charge is -2.19. The normalized spacial score (nSPS) is 15.4. The molecular formula is C22H25N5OS. The summed E-state index contributed by atoms with van der Waals surface area (Å²) >= 11 is 1.79. The molecule has 0 radical (unpaired) electrons. The molecule has 1 atom stereocenters. The monoisotopic (exact) mass is 407 g/mol. The quantitative estimate of drug-likeness (QED) is 0.648. The molecule has 1 unspecified atom stereocenters. The Morgan fingerprint density at radius 1 is 1.17 bits per heavy atom. The van der Waals surface area contributed by atoms with Gasteiger partial charge in [0.05, 0.1) is 23.2 Å². The summed E-state index contributed by atoms with van der Waals surface area (Å²) in [5, 5.41) is 3.68. The summed E-state index contributed by atoms with van der Waals surface area (Å²) in [6, 6.07) is 8.03. The van der Waals surface area contributed by atoms with Crippen LogP contribution in [0, 0.1) is 6.92 Å². The highest BCUT2D eigenvalue weighted by Crippen LogP contribution is 2.43. The second-order valence-corrected chi connectivity index (χ2v) is 8.87. The summed E-state index contributed by atoms with van der Waals surface area (Å²) in [5.74, 6) is 1.73. The van der Waals surface area contributed by atoms with Gasteiger partial charge in [0.25, 0.3) is 0 Å². The van der Waals surface area contributed by atoms with E-state index in [9.17, 15) is 0 Å². The van der Waals surface area contributed by atoms with Gasteiger partial charge in [0.2, 0.25) is 0 Å². The van der Waals surface area contributed by atoms with E-state index in [0.717, 1.165) is 40.8 Å². The third kappa shape index (κ3) is 4.05. The largest absolute Gasteiger partial charge is 0.490 e. The Morgan fingerprint density at radius 3 is 2.79 bits per heavy atom. The first kappa shape index (κ1) is 19.6. The van der Waals surface area contributed by atoms with Gasteiger partial charge in [0.15, 0.2) is 0 Å². The Kier molecular flexibility index (Phi) is 5.41. The maximum Gasteiger partial charge on any atom is 0.145 e. The molecule has 0 fully saturated rings. The maximum absolute atomic E-state index is 6.03. The van der Waals surface area contributed by atoms with Crippen LogP contribution in [-0.4, -0.2) is 39.3 Å². The molecule has 0 saturated heterocycles. The average Bonchev–Trinajstić information content (AvgIpc) is 3.05. The lowest BCUT2D eigenvalue weighted by molar-refractivity contribution is 0.288. The van der Waals surface area contributed by atoms with Crippen LogP contribution in [0.5, 0.6) is 5.75 Å². The van der Waals surface area contributed by atoms with Gasteiger partial charge in [-0.05, 0) is 31.4 Å². The number of anilines is 1. The van der Waals surface area contributed by atoms with E-state index < -0.39 is 0 Å². The van der Waals surface area contributed by atoms with Crippen molar-refractivity contribution in [1.82, 2.24) is 19.9 Å². The Balaban J connectivity index is 1.52. The van der Waals surface area contributed by atoms with Gasteiger partial charge in [0.1, 0.15) is 17.9 Å². The molecule has 29 heavy (non-hydrogen) atoms. The van der Waals surface area contributed by atoms with Crippen molar-refractivity contribution in [2.75, 3.05) is 24.7 Å². The van der Waals surface area contributed by atoms with Crippen LogP contribution in [0.1, 0.15) is 36.0 Å². The number of nitrogens with one attached hydrogen (secondary N) is 1. The molecule has 4 heterocycles. The van der Waals surface area contributed by atoms with Crippen LogP contribution < -0.4 is 10.1 Å². The number of ether oxygens (including phenoxy) is 1. The van der Waals surface area contributed by atoms with Crippen LogP contribution in [0.25, 0.3) is 11.3 Å². The SMILES string of the molecule is CSC(CNc1cc(-c2ccc(C)nc2)ncn1)c1ccnc2c1OCC2(C)C. The van der Waals surface area contributed by atoms with Crippen molar-refractivity contribution in [3.8, 4) is 17.0 Å². The molecule has 0 aromatic carbocycles. The van der Waals surface area contributed by atoms with Crippen LogP contribution in [0.15, 0.2) is 43.0 Å². The number of rotatable bonds is 6. The van der Waals surface area contributed by atoms with E-state index in [2.05, 4.69) is 51.4 Å². The van der Waals surface area contributed by atoms with Gasteiger partial charge in [-0.15, -0.1) is 0 Å². The fourth-order valence-corrected chi connectivity index (χ4v) is 4.11. The van der Waals surface area contributed by atoms with Crippen LogP contribution in [0.4, 0.5) is 5.82 Å². The molecule has 6 nitrogen and oxygen atoms in total. The van der Waals surface area contributed by atoms with Crippen molar-refractivity contribution >= 4 is 17.6 Å². The smallest absolute Gasteiger partial charge is 0.145 e. The first-order valence-electron chi connectivity index (χ1n) is 9.62. The molecule has 1 aliphatic heterocycles. The second kappa shape index (κ2) is 7.99. The molecule has 0 amide bonds. The highest BCUT2D eigenvalue weighted by atomic mass is 32.2. The number of nitrogens with zero attached hydrogens (tertiary/aromatic N) is 4. The summed E-state index contributed by atoms with van der Waals surface area (Å²) in [7, 11) is 0. The predicted molar refractivity (Wildman–Crippen MR) is 118 cm³/mol. The van der Waals surface area contributed by atoms with Gasteiger partial charge in [-0.3, -0.25) is 9.97 Å². The molecule has 3 aromatic rings. The Hall–Kier alpha value is -2.67. The first-order valence-corrected chi connectivity index (χ1v) is 10.9. The molecule has 1 N–H and O–H groups in total. The second-order valence-electron chi connectivity index (χ2n) is 7.83. The highest BCUT2D eigenvalue weighted by molar-refractivity contribution is 7.98. The van der Waals surface area contributed by atoms with Gasteiger partial charge < -0.3 is 10.1 Å². The molecule has 1 aliphatic rings. The number of thioether (sulfide) groups is 1. The summed E-state index contributed by atoms with van der Waals surface area (Å²) < 4.78 is 6.03. The number of hydrogen-bond acceptors (Lipinski definition) is 7. The van der Waals surface area contributed by atoms with Crippen molar-refractivity contribution in [3.63, 3.8) is 0 Å². The third-order valence-corrected chi connectivity index (χ3v) is 6.12. The van der Waals surface area contributed by atoms with Crippen LogP contribution >= 0.6 is 11.8 Å². The number of aryl methyl sites for hydroxylation is 1. The minimum absolute atomic E-state index is 0.0502. The maximum atomic E-state index is 6.03. The van der Waals surface area contributed by atoms with E-state index in [4.69, 9.17) is 4.74 Å². The first-order chi connectivity index (χ1) is 14.0. The summed E-state index contributed by atoms with van der Waals surface area (Å²) in [6.45, 7) is 7.71. The standard InChI is InChI=1S/C22H25N5OS/c1-14-5-6-15(10-24-14)17-9-19(27-13-26-17)25-11-18(29-4)16-7-8-23-21-20(16)28-12-22(21,2)3/h5-10,13,18H,11-12H2,1-4H3,(H,25,26,27). The van der Waals surface area contributed by atoms with E-state index in [0.29, 0.717) is 6.61 Å². The molecule has 3 aromatic heterocycles. The molecule has 4 rings (SSSR count). The zero-order valence-electron chi connectivity index (χ0n) is 17.1. The molecule has 0 saturated carbocycles. The van der Waals surface area contributed by atoms with Crippen LogP contribution in [0.2, 0.25) is 0 Å². The topological polar surface area (TPSA) is 72.8 Å². The predicted octanol–water partition coefficient (Wildman–Crippen LogP) is 4.43. The molecule has 150 valence electrons. The number of hydrogen-bond donors (Lipinski definition) is 1. The summed E-state index contributed by atoms with van der Waals surface area (Å²) in [6.07, 6.45) is 7.43. The zero-order chi connectivity index (χ0) is 20.4. The van der Waals surface area contributed by atoms with E-state index in [1.54, 1.807) is 18.1 Å². The molecular weight excluding hydrogens is 382 g/mol. The van der Waals surface area contributed by atoms with E-state index in [-0.39, 0.29) is 10.7 Å². The van der Waals surface area contributed by atoms with Crippen molar-refractivity contribution in [2.24, 2.45) is 0 Å². The Bertz CT molecular complexity index is 1010. The Labute approximate surface area is 175 Å². The third-order valence-electron chi connectivity index (χ3n) is 5.13. The van der Waals surface area contributed by atoms with Crippen molar-refractivity contribution in [3.05, 3.63) is 59.9 Å². The average molecular weight is 408 g/mol. The lowest BCUT2D eigenvalue weighted by atomic mass is 9.90. The fourth-order valence-electron chi connectivity index (χ4n) is 3.42. The van der Waals surface area contributed by atoms with Gasteiger partial charge >= 0.3 is 0 Å². The van der Waals surface area contributed by atoms with Crippen LogP contribution in [-0.2, 0) is 5.41 Å². The number of pyridine rings is 2. The minimum atomic E-state index is -0.0502. The highest BCUT2D eigenvalue weighted by Gasteiger charge is 2.36. The van der Waals surface area contributed by atoms with Crippen molar-refractivity contribution in [1.29, 1.82) is 0 Å². The lowest BCUT2D eigenvalue weighted by Crippen LogP contribution is -2.19. The van der Waals surface area contributed by atoms with Gasteiger partial charge in [-0.25, -0.2) is 9.97 Å². The zero-order valence-corrected chi connectivity index (χ0v) is 18.0. The van der Waals surface area contributed by atoms with E-state index in [1.165, 1.54) is 5.56 Å². The van der Waals surface area contributed by atoms with Crippen molar-refractivity contribution in [2.45, 2.75) is 31.4 Å². The fraction of sp³-hybridized carbons (Fsp3) is 0.364. The molecule has 0 bridgehead atoms. The summed E-state index contributed by atoms with van der Waals surface area (Å²) in [5.41, 5.74) is 4.99. The van der Waals surface area contributed by atoms with Crippen molar-refractivity contribution < 1.29 is 4.74 Å². The van der Waals surface area contributed by atoms with Gasteiger partial charge in [-0.1, -0.05) is 13.8 Å². The van der Waals surface area contributed by atoms with E-state index in [1.807, 2.05) is 37.5 Å². The van der Waals surface area contributed by atoms with Gasteiger partial charge in [0, 0.05) is 47.2 Å². The molecule has 7 heteroatoms. The summed E-state index contributed by atoms with van der Waals surface area (Å²) in [4.78, 5) is 17.7. The Morgan fingerprint density at radius 2 is 2.03 bits per heavy atom. The van der Waals surface area contributed by atoms with Crippen LogP contribution in [0.3, 0.4) is 0 Å². The minimum Gasteiger partial charge on any atom is -0.490 e. The van der Waals surface area contributed by atoms with E-state index >= 15 is 0 Å².